The van der Waals surface area contributed by atoms with E-state index in [1.165, 1.54) is 0 Å². The third-order valence-corrected chi connectivity index (χ3v) is 4.90. The number of carbonyl (C=O) groups excluding carboxylic acids is 2. The molecule has 0 aliphatic heterocycles. The largest absolute Gasteiger partial charge is 0.336 e. The molecule has 2 aliphatic rings. The third-order valence-electron chi connectivity index (χ3n) is 4.90. The van der Waals surface area contributed by atoms with Crippen molar-refractivity contribution < 1.29 is 9.59 Å². The number of hydrogen-bond acceptors (Lipinski definition) is 3. The summed E-state index contributed by atoms with van der Waals surface area (Å²) in [7, 11) is 0. The van der Waals surface area contributed by atoms with Crippen LogP contribution in [-0.4, -0.2) is 28.3 Å². The van der Waals surface area contributed by atoms with Crippen LogP contribution >= 0.6 is 0 Å². The van der Waals surface area contributed by atoms with Gasteiger partial charge in [-0.3, -0.25) is 9.59 Å². The zero-order valence-corrected chi connectivity index (χ0v) is 13.7. The Morgan fingerprint density at radius 3 is 2.35 bits per heavy atom. The Bertz CT molecular complexity index is 587. The van der Waals surface area contributed by atoms with E-state index < -0.39 is 5.54 Å². The van der Waals surface area contributed by atoms with Crippen LogP contribution in [0.2, 0.25) is 0 Å². The molecule has 0 unspecified atom stereocenters. The highest BCUT2D eigenvalue weighted by Gasteiger charge is 2.37. The first-order valence-corrected chi connectivity index (χ1v) is 8.44. The number of nitrogens with two attached hydrogens (primary N) is 1. The molecule has 3 N–H and O–H groups in total. The van der Waals surface area contributed by atoms with E-state index in [2.05, 4.69) is 5.32 Å². The van der Waals surface area contributed by atoms with Crippen molar-refractivity contribution in [2.45, 2.75) is 63.6 Å². The summed E-state index contributed by atoms with van der Waals surface area (Å²) in [5, 5.41) is 2.92. The molecule has 2 amide bonds. The van der Waals surface area contributed by atoms with E-state index in [1.54, 1.807) is 6.92 Å². The number of hydrogen-bond donors (Lipinski definition) is 2. The quantitative estimate of drug-likeness (QED) is 0.876. The number of benzene rings is 1. The maximum atomic E-state index is 12.3. The summed E-state index contributed by atoms with van der Waals surface area (Å²) in [6.07, 6.45) is 5.76. The molecule has 2 saturated carbocycles. The molecular formula is C18H25N3O2. The highest BCUT2D eigenvalue weighted by atomic mass is 16.2. The minimum absolute atomic E-state index is 0.0916. The minimum atomic E-state index is -0.712. The average molecular weight is 315 g/mol. The molecule has 2 fully saturated rings. The third kappa shape index (κ3) is 3.72. The molecule has 5 heteroatoms. The Kier molecular flexibility index (Phi) is 4.39. The van der Waals surface area contributed by atoms with Crippen molar-refractivity contribution in [2.24, 2.45) is 5.73 Å². The van der Waals surface area contributed by atoms with Crippen LogP contribution in [0.15, 0.2) is 24.3 Å². The molecule has 0 saturated heterocycles. The lowest BCUT2D eigenvalue weighted by molar-refractivity contribution is -0.130. The van der Waals surface area contributed by atoms with Crippen LogP contribution in [0.3, 0.4) is 0 Å². The lowest BCUT2D eigenvalue weighted by Gasteiger charge is -2.23. The zero-order chi connectivity index (χ0) is 16.4. The Morgan fingerprint density at radius 1 is 1.22 bits per heavy atom. The Labute approximate surface area is 137 Å². The van der Waals surface area contributed by atoms with Gasteiger partial charge in [-0.1, -0.05) is 25.0 Å². The van der Waals surface area contributed by atoms with Crippen LogP contribution in [0.1, 0.15) is 51.0 Å². The van der Waals surface area contributed by atoms with Crippen LogP contribution in [-0.2, 0) is 16.1 Å². The van der Waals surface area contributed by atoms with E-state index in [9.17, 15) is 9.59 Å². The van der Waals surface area contributed by atoms with Crippen molar-refractivity contribution in [3.8, 4) is 0 Å². The molecule has 0 bridgehead atoms. The van der Waals surface area contributed by atoms with E-state index in [1.807, 2.05) is 29.2 Å². The first kappa shape index (κ1) is 16.0. The van der Waals surface area contributed by atoms with Crippen molar-refractivity contribution in [3.63, 3.8) is 0 Å². The number of nitrogens with one attached hydrogen (secondary N) is 1. The van der Waals surface area contributed by atoms with E-state index in [0.717, 1.165) is 49.8 Å². The molecule has 3 rings (SSSR count). The number of amides is 2. The van der Waals surface area contributed by atoms with Gasteiger partial charge in [0, 0.05) is 25.2 Å². The molecule has 2 aliphatic carbocycles. The fourth-order valence-electron chi connectivity index (χ4n) is 3.26. The van der Waals surface area contributed by atoms with Gasteiger partial charge in [-0.05, 0) is 43.4 Å². The van der Waals surface area contributed by atoms with Gasteiger partial charge in [0.1, 0.15) is 0 Å². The molecule has 0 heterocycles. The Morgan fingerprint density at radius 2 is 1.83 bits per heavy atom. The Hall–Kier alpha value is -1.88. The number of carbonyl (C=O) groups is 2. The van der Waals surface area contributed by atoms with Crippen molar-refractivity contribution in [1.29, 1.82) is 0 Å². The van der Waals surface area contributed by atoms with Gasteiger partial charge in [0.25, 0.3) is 0 Å². The van der Waals surface area contributed by atoms with E-state index in [0.29, 0.717) is 12.6 Å². The molecule has 1 aromatic rings. The molecule has 1 aromatic carbocycles. The van der Waals surface area contributed by atoms with Crippen LogP contribution < -0.4 is 11.1 Å². The summed E-state index contributed by atoms with van der Waals surface area (Å²) >= 11 is 0. The molecule has 0 atom stereocenters. The Balaban J connectivity index is 1.60. The first-order valence-electron chi connectivity index (χ1n) is 8.44. The second-order valence-electron chi connectivity index (χ2n) is 6.89. The minimum Gasteiger partial charge on any atom is -0.336 e. The molecule has 5 nitrogen and oxygen atoms in total. The lowest BCUT2D eigenvalue weighted by Crippen LogP contribution is -2.48. The van der Waals surface area contributed by atoms with Gasteiger partial charge in [0.15, 0.2) is 0 Å². The maximum absolute atomic E-state index is 12.3. The molecule has 23 heavy (non-hydrogen) atoms. The summed E-state index contributed by atoms with van der Waals surface area (Å²) in [6.45, 7) is 2.25. The van der Waals surface area contributed by atoms with Gasteiger partial charge in [0.2, 0.25) is 11.8 Å². The van der Waals surface area contributed by atoms with Crippen LogP contribution in [0.4, 0.5) is 5.69 Å². The highest BCUT2D eigenvalue weighted by molar-refractivity contribution is 5.98. The van der Waals surface area contributed by atoms with Gasteiger partial charge in [0.05, 0.1) is 5.54 Å². The van der Waals surface area contributed by atoms with Crippen LogP contribution in [0.25, 0.3) is 0 Å². The van der Waals surface area contributed by atoms with Gasteiger partial charge < -0.3 is 16.0 Å². The van der Waals surface area contributed by atoms with Crippen molar-refractivity contribution >= 4 is 17.5 Å². The second kappa shape index (κ2) is 6.32. The van der Waals surface area contributed by atoms with E-state index >= 15 is 0 Å². The van der Waals surface area contributed by atoms with Gasteiger partial charge >= 0.3 is 0 Å². The smallest absolute Gasteiger partial charge is 0.244 e. The van der Waals surface area contributed by atoms with Gasteiger partial charge in [-0.2, -0.15) is 0 Å². The normalized spacial score (nSPS) is 19.4. The predicted octanol–water partition coefficient (Wildman–Crippen LogP) is 2.41. The summed E-state index contributed by atoms with van der Waals surface area (Å²) < 4.78 is 0. The number of anilines is 1. The summed E-state index contributed by atoms with van der Waals surface area (Å²) in [6, 6.07) is 8.11. The topological polar surface area (TPSA) is 75.4 Å². The predicted molar refractivity (Wildman–Crippen MR) is 89.7 cm³/mol. The lowest BCUT2D eigenvalue weighted by atomic mass is 9.98. The monoisotopic (exact) mass is 315 g/mol. The van der Waals surface area contributed by atoms with E-state index in [4.69, 9.17) is 5.73 Å². The standard InChI is InChI=1S/C18H25N3O2/c1-13(22)21(16-8-9-16)12-14-4-6-15(7-5-14)20-17(23)18(19)10-2-3-11-18/h4-7,16H,2-3,8-12,19H2,1H3,(H,20,23). The molecule has 0 aromatic heterocycles. The molecule has 124 valence electrons. The van der Waals surface area contributed by atoms with Crippen molar-refractivity contribution in [1.82, 2.24) is 4.90 Å². The fraction of sp³-hybridized carbons (Fsp3) is 0.556. The maximum Gasteiger partial charge on any atom is 0.244 e. The fourth-order valence-corrected chi connectivity index (χ4v) is 3.26. The number of rotatable bonds is 5. The summed E-state index contributed by atoms with van der Waals surface area (Å²) in [4.78, 5) is 25.9. The molecular weight excluding hydrogens is 290 g/mol. The van der Waals surface area contributed by atoms with Gasteiger partial charge in [-0.25, -0.2) is 0 Å². The zero-order valence-electron chi connectivity index (χ0n) is 13.7. The summed E-state index contributed by atoms with van der Waals surface area (Å²) in [5.74, 6) is 0.0299. The van der Waals surface area contributed by atoms with E-state index in [-0.39, 0.29) is 11.8 Å². The molecule has 0 radical (unpaired) electrons. The average Bonchev–Trinajstić information content (AvgIpc) is 3.26. The van der Waals surface area contributed by atoms with Crippen molar-refractivity contribution in [3.05, 3.63) is 29.8 Å². The van der Waals surface area contributed by atoms with Crippen molar-refractivity contribution in [2.75, 3.05) is 5.32 Å². The number of nitrogens with zero attached hydrogens (tertiary/aromatic N) is 1. The SMILES string of the molecule is CC(=O)N(Cc1ccc(NC(=O)C2(N)CCCC2)cc1)C1CC1. The van der Waals surface area contributed by atoms with Gasteiger partial charge in [-0.15, -0.1) is 0 Å². The second-order valence-corrected chi connectivity index (χ2v) is 6.89. The first-order chi connectivity index (χ1) is 11.0. The molecule has 0 spiro atoms. The highest BCUT2D eigenvalue weighted by Crippen LogP contribution is 2.30. The van der Waals surface area contributed by atoms with Crippen LogP contribution in [0.5, 0.6) is 0 Å². The summed E-state index contributed by atoms with van der Waals surface area (Å²) in [5.41, 5.74) is 7.29. The van der Waals surface area contributed by atoms with Crippen LogP contribution in [0, 0.1) is 0 Å².